The first-order chi connectivity index (χ1) is 15.1. The van der Waals surface area contributed by atoms with Crippen LogP contribution < -0.4 is 15.1 Å². The fourth-order valence-corrected chi connectivity index (χ4v) is 4.70. The Morgan fingerprint density at radius 3 is 2.03 bits per heavy atom. The van der Waals surface area contributed by atoms with Crippen molar-refractivity contribution in [3.63, 3.8) is 0 Å². The number of fused-ring (bicyclic) bond motifs is 2. The molecule has 0 saturated heterocycles. The van der Waals surface area contributed by atoms with Crippen molar-refractivity contribution in [1.29, 1.82) is 0 Å². The second kappa shape index (κ2) is 7.77. The molecule has 0 radical (unpaired) electrons. The number of imide groups is 1. The van der Waals surface area contributed by atoms with E-state index in [1.54, 1.807) is 40.9 Å². The minimum Gasteiger partial charge on any atom is -0.371 e. The number of nitrogens with zero attached hydrogens (tertiary/aromatic N) is 2. The van der Waals surface area contributed by atoms with Gasteiger partial charge in [0.05, 0.1) is 23.6 Å². The van der Waals surface area contributed by atoms with Gasteiger partial charge in [-0.1, -0.05) is 54.2 Å². The van der Waals surface area contributed by atoms with E-state index < -0.39 is 11.8 Å². The number of hydrogen-bond acceptors (Lipinski definition) is 5. The molecule has 3 amide bonds. The lowest BCUT2D eigenvalue weighted by Gasteiger charge is -2.31. The van der Waals surface area contributed by atoms with Gasteiger partial charge in [-0.2, -0.15) is 0 Å². The first-order valence-corrected chi connectivity index (χ1v) is 10.5. The average Bonchev–Trinajstić information content (AvgIpc) is 3.09. The van der Waals surface area contributed by atoms with Gasteiger partial charge >= 0.3 is 0 Å². The van der Waals surface area contributed by atoms with Crippen molar-refractivity contribution < 1.29 is 14.4 Å². The number of para-hydroxylation sites is 3. The van der Waals surface area contributed by atoms with Crippen LogP contribution in [0, 0.1) is 0 Å². The van der Waals surface area contributed by atoms with Gasteiger partial charge in [0.15, 0.2) is 0 Å². The molecule has 0 unspecified atom stereocenters. The van der Waals surface area contributed by atoms with Gasteiger partial charge in [0, 0.05) is 15.9 Å². The monoisotopic (exact) mass is 427 g/mol. The molecule has 0 spiro atoms. The molecule has 6 nitrogen and oxygen atoms in total. The van der Waals surface area contributed by atoms with Gasteiger partial charge in [-0.25, -0.2) is 4.90 Å². The summed E-state index contributed by atoms with van der Waals surface area (Å²) >= 11 is 1.61. The summed E-state index contributed by atoms with van der Waals surface area (Å²) in [6, 6.07) is 24.1. The van der Waals surface area contributed by atoms with Gasteiger partial charge in [-0.3, -0.25) is 19.3 Å². The van der Waals surface area contributed by atoms with E-state index in [9.17, 15) is 14.4 Å². The number of benzene rings is 3. The van der Waals surface area contributed by atoms with Crippen LogP contribution in [-0.2, 0) is 14.4 Å². The molecule has 2 aliphatic heterocycles. The largest absolute Gasteiger partial charge is 0.371 e. The van der Waals surface area contributed by atoms with E-state index in [1.165, 1.54) is 6.08 Å². The summed E-state index contributed by atoms with van der Waals surface area (Å²) in [5.74, 6) is -1.13. The smallest absolute Gasteiger partial charge is 0.281 e. The van der Waals surface area contributed by atoms with Crippen LogP contribution in [0.15, 0.2) is 100 Å². The summed E-state index contributed by atoms with van der Waals surface area (Å²) in [6.07, 6.45) is 1.23. The number of rotatable bonds is 4. The standard InChI is InChI=1S/C24H17N3O3S/c28-22-14-17(24(30)26(22)16-8-2-1-3-9-16)25-15-23(29)27-18-10-4-6-12-20(18)31-21-13-7-5-11-19(21)27/h1-14,25H,15H2. The topological polar surface area (TPSA) is 69.7 Å². The summed E-state index contributed by atoms with van der Waals surface area (Å²) in [6.45, 7) is -0.124. The zero-order chi connectivity index (χ0) is 21.4. The van der Waals surface area contributed by atoms with Crippen molar-refractivity contribution in [3.05, 3.63) is 90.6 Å². The zero-order valence-corrected chi connectivity index (χ0v) is 17.1. The minimum atomic E-state index is -0.473. The van der Waals surface area contributed by atoms with Crippen LogP contribution in [0.25, 0.3) is 0 Å². The molecule has 0 saturated carbocycles. The summed E-state index contributed by atoms with van der Waals surface area (Å²) in [5.41, 5.74) is 2.20. The van der Waals surface area contributed by atoms with E-state index in [4.69, 9.17) is 0 Å². The molecule has 5 rings (SSSR count). The van der Waals surface area contributed by atoms with Crippen molar-refractivity contribution in [2.24, 2.45) is 0 Å². The fourth-order valence-electron chi connectivity index (χ4n) is 3.64. The zero-order valence-electron chi connectivity index (χ0n) is 16.3. The van der Waals surface area contributed by atoms with Crippen LogP contribution in [0.1, 0.15) is 0 Å². The number of carbonyl (C=O) groups is 3. The van der Waals surface area contributed by atoms with Crippen LogP contribution >= 0.6 is 11.8 Å². The normalized spacial score (nSPS) is 14.8. The lowest BCUT2D eigenvalue weighted by atomic mass is 10.2. The number of nitrogens with one attached hydrogen (secondary N) is 1. The molecule has 31 heavy (non-hydrogen) atoms. The molecule has 152 valence electrons. The van der Waals surface area contributed by atoms with Crippen LogP contribution in [0.2, 0.25) is 0 Å². The Hall–Kier alpha value is -3.84. The van der Waals surface area contributed by atoms with E-state index in [-0.39, 0.29) is 18.1 Å². The molecule has 0 bridgehead atoms. The Labute approximate surface area is 183 Å². The van der Waals surface area contributed by atoms with E-state index in [1.807, 2.05) is 54.6 Å². The maximum Gasteiger partial charge on any atom is 0.281 e. The Balaban J connectivity index is 1.37. The third-order valence-corrected chi connectivity index (χ3v) is 6.18. The maximum absolute atomic E-state index is 13.2. The van der Waals surface area contributed by atoms with Gasteiger partial charge in [-0.15, -0.1) is 0 Å². The molecular formula is C24H17N3O3S. The number of carbonyl (C=O) groups excluding carboxylic acids is 3. The fraction of sp³-hybridized carbons (Fsp3) is 0.0417. The average molecular weight is 427 g/mol. The number of amides is 3. The minimum absolute atomic E-state index is 0.107. The van der Waals surface area contributed by atoms with Gasteiger partial charge in [0.2, 0.25) is 0 Å². The summed E-state index contributed by atoms with van der Waals surface area (Å²) < 4.78 is 0. The summed E-state index contributed by atoms with van der Waals surface area (Å²) in [4.78, 5) is 43.1. The van der Waals surface area contributed by atoms with Crippen LogP contribution in [0.4, 0.5) is 17.1 Å². The van der Waals surface area contributed by atoms with Crippen molar-refractivity contribution in [1.82, 2.24) is 5.32 Å². The van der Waals surface area contributed by atoms with Crippen LogP contribution in [0.3, 0.4) is 0 Å². The lowest BCUT2D eigenvalue weighted by molar-refractivity contribution is -0.120. The first kappa shape index (κ1) is 19.1. The Morgan fingerprint density at radius 2 is 1.39 bits per heavy atom. The van der Waals surface area contributed by atoms with E-state index in [0.29, 0.717) is 5.69 Å². The molecule has 3 aromatic rings. The van der Waals surface area contributed by atoms with E-state index >= 15 is 0 Å². The molecule has 2 aliphatic rings. The van der Waals surface area contributed by atoms with Crippen molar-refractivity contribution in [3.8, 4) is 0 Å². The Kier molecular flexibility index (Phi) is 4.80. The first-order valence-electron chi connectivity index (χ1n) is 9.71. The van der Waals surface area contributed by atoms with Gasteiger partial charge in [-0.05, 0) is 36.4 Å². The third-order valence-electron chi connectivity index (χ3n) is 5.05. The van der Waals surface area contributed by atoms with Gasteiger partial charge in [0.25, 0.3) is 17.7 Å². The third kappa shape index (κ3) is 3.39. The highest BCUT2D eigenvalue weighted by Gasteiger charge is 2.33. The SMILES string of the molecule is O=C1C=C(NCC(=O)N2c3ccccc3Sc3ccccc32)C(=O)N1c1ccccc1. The Morgan fingerprint density at radius 1 is 0.806 bits per heavy atom. The molecule has 0 fully saturated rings. The number of hydrogen-bond donors (Lipinski definition) is 1. The van der Waals surface area contributed by atoms with Crippen molar-refractivity contribution in [2.45, 2.75) is 9.79 Å². The highest BCUT2D eigenvalue weighted by Crippen LogP contribution is 2.47. The van der Waals surface area contributed by atoms with Gasteiger partial charge < -0.3 is 5.32 Å². The van der Waals surface area contributed by atoms with Crippen LogP contribution in [0.5, 0.6) is 0 Å². The second-order valence-electron chi connectivity index (χ2n) is 6.99. The molecule has 3 aromatic carbocycles. The molecular weight excluding hydrogens is 410 g/mol. The van der Waals surface area contributed by atoms with Gasteiger partial charge in [0.1, 0.15) is 5.70 Å². The molecule has 1 N–H and O–H groups in total. The highest BCUT2D eigenvalue weighted by atomic mass is 32.2. The number of anilines is 3. The summed E-state index contributed by atoms with van der Waals surface area (Å²) in [7, 11) is 0. The molecule has 2 heterocycles. The Bertz CT molecular complexity index is 1190. The van der Waals surface area contributed by atoms with Crippen molar-refractivity contribution in [2.75, 3.05) is 16.3 Å². The summed E-state index contributed by atoms with van der Waals surface area (Å²) in [5, 5.41) is 2.87. The second-order valence-corrected chi connectivity index (χ2v) is 8.08. The maximum atomic E-state index is 13.2. The van der Waals surface area contributed by atoms with Crippen LogP contribution in [-0.4, -0.2) is 24.3 Å². The quantitative estimate of drug-likeness (QED) is 0.641. The predicted molar refractivity (Wildman–Crippen MR) is 119 cm³/mol. The molecule has 0 atom stereocenters. The molecule has 7 heteroatoms. The highest BCUT2D eigenvalue weighted by molar-refractivity contribution is 7.99. The predicted octanol–water partition coefficient (Wildman–Crippen LogP) is 3.86. The lowest BCUT2D eigenvalue weighted by Crippen LogP contribution is -2.39. The van der Waals surface area contributed by atoms with E-state index in [0.717, 1.165) is 26.1 Å². The van der Waals surface area contributed by atoms with Crippen molar-refractivity contribution >= 4 is 46.5 Å². The molecule has 0 aromatic heterocycles. The van der Waals surface area contributed by atoms with E-state index in [2.05, 4.69) is 5.32 Å². The molecule has 0 aliphatic carbocycles.